The van der Waals surface area contributed by atoms with Gasteiger partial charge in [0.25, 0.3) is 0 Å². The average molecular weight is 277 g/mol. The van der Waals surface area contributed by atoms with Crippen LogP contribution in [0.25, 0.3) is 0 Å². The van der Waals surface area contributed by atoms with E-state index in [0.717, 1.165) is 37.7 Å². The highest BCUT2D eigenvalue weighted by molar-refractivity contribution is 5.57. The first-order valence-corrected chi connectivity index (χ1v) is 7.85. The Kier molecular flexibility index (Phi) is 5.59. The number of nitrogens with zero attached hydrogens (tertiary/aromatic N) is 3. The summed E-state index contributed by atoms with van der Waals surface area (Å²) in [4.78, 5) is 11.3. The molecule has 0 saturated carbocycles. The van der Waals surface area contributed by atoms with Crippen molar-refractivity contribution in [1.29, 1.82) is 0 Å². The monoisotopic (exact) mass is 277 g/mol. The number of nitrogens with one attached hydrogen (secondary N) is 2. The molecule has 5 heteroatoms. The van der Waals surface area contributed by atoms with Gasteiger partial charge in [-0.25, -0.2) is 9.97 Å². The standard InChI is InChI=1S/C15H27N5/c1-4-13-14(16-5-2)18-11-19-15(13)17-10-12-8-7-9-20(12)6-3/h11-12H,4-10H2,1-3H3,(H2,16,17,18,19). The van der Waals surface area contributed by atoms with Gasteiger partial charge < -0.3 is 10.6 Å². The van der Waals surface area contributed by atoms with Gasteiger partial charge in [0.15, 0.2) is 0 Å². The van der Waals surface area contributed by atoms with E-state index in [1.165, 1.54) is 24.9 Å². The highest BCUT2D eigenvalue weighted by atomic mass is 15.2. The lowest BCUT2D eigenvalue weighted by Crippen LogP contribution is -2.35. The molecule has 1 aliphatic heterocycles. The minimum Gasteiger partial charge on any atom is -0.370 e. The van der Waals surface area contributed by atoms with Crippen LogP contribution < -0.4 is 10.6 Å². The van der Waals surface area contributed by atoms with Crippen molar-refractivity contribution in [3.05, 3.63) is 11.9 Å². The number of rotatable bonds is 7. The predicted octanol–water partition coefficient (Wildman–Crippen LogP) is 2.37. The highest BCUT2D eigenvalue weighted by Crippen LogP contribution is 2.22. The summed E-state index contributed by atoms with van der Waals surface area (Å²) >= 11 is 0. The van der Waals surface area contributed by atoms with Crippen LogP contribution in [0.1, 0.15) is 39.2 Å². The molecule has 1 aromatic rings. The van der Waals surface area contributed by atoms with Crippen LogP contribution in [0.3, 0.4) is 0 Å². The van der Waals surface area contributed by atoms with Crippen LogP contribution in [0.4, 0.5) is 11.6 Å². The molecule has 1 unspecified atom stereocenters. The van der Waals surface area contributed by atoms with Gasteiger partial charge in [0.1, 0.15) is 18.0 Å². The average Bonchev–Trinajstić information content (AvgIpc) is 2.93. The summed E-state index contributed by atoms with van der Waals surface area (Å²) in [6.07, 6.45) is 5.18. The second-order valence-electron chi connectivity index (χ2n) is 5.24. The first-order chi connectivity index (χ1) is 9.80. The van der Waals surface area contributed by atoms with E-state index in [1.54, 1.807) is 6.33 Å². The van der Waals surface area contributed by atoms with E-state index in [9.17, 15) is 0 Å². The van der Waals surface area contributed by atoms with E-state index in [1.807, 2.05) is 0 Å². The van der Waals surface area contributed by atoms with Gasteiger partial charge in [0.2, 0.25) is 0 Å². The number of likely N-dealkylation sites (N-methyl/N-ethyl adjacent to an activating group) is 1. The van der Waals surface area contributed by atoms with E-state index in [2.05, 4.69) is 46.3 Å². The van der Waals surface area contributed by atoms with Gasteiger partial charge in [-0.05, 0) is 39.3 Å². The summed E-state index contributed by atoms with van der Waals surface area (Å²) in [6, 6.07) is 0.641. The third kappa shape index (κ3) is 3.39. The van der Waals surface area contributed by atoms with Gasteiger partial charge in [0.05, 0.1) is 0 Å². The molecule has 0 aliphatic carbocycles. The number of hydrogen-bond donors (Lipinski definition) is 2. The van der Waals surface area contributed by atoms with Gasteiger partial charge in [-0.3, -0.25) is 4.90 Å². The predicted molar refractivity (Wildman–Crippen MR) is 84.3 cm³/mol. The Morgan fingerprint density at radius 2 is 1.95 bits per heavy atom. The van der Waals surface area contributed by atoms with Crippen molar-refractivity contribution in [3.63, 3.8) is 0 Å². The molecule has 1 aliphatic rings. The Labute approximate surface area is 122 Å². The summed E-state index contributed by atoms with van der Waals surface area (Å²) in [6.45, 7) is 10.7. The molecule has 1 aromatic heterocycles. The minimum absolute atomic E-state index is 0.641. The zero-order valence-corrected chi connectivity index (χ0v) is 12.9. The second-order valence-corrected chi connectivity index (χ2v) is 5.24. The maximum atomic E-state index is 4.42. The first-order valence-electron chi connectivity index (χ1n) is 7.85. The van der Waals surface area contributed by atoms with Gasteiger partial charge in [-0.2, -0.15) is 0 Å². The zero-order chi connectivity index (χ0) is 14.4. The molecular weight excluding hydrogens is 250 g/mol. The van der Waals surface area contributed by atoms with Crippen LogP contribution in [-0.4, -0.2) is 47.1 Å². The molecule has 1 atom stereocenters. The first kappa shape index (κ1) is 15.0. The van der Waals surface area contributed by atoms with Crippen molar-refractivity contribution >= 4 is 11.6 Å². The van der Waals surface area contributed by atoms with Gasteiger partial charge in [0, 0.05) is 24.7 Å². The number of hydrogen-bond acceptors (Lipinski definition) is 5. The molecule has 112 valence electrons. The maximum absolute atomic E-state index is 4.42. The van der Waals surface area contributed by atoms with E-state index < -0.39 is 0 Å². The van der Waals surface area contributed by atoms with E-state index in [0.29, 0.717) is 6.04 Å². The van der Waals surface area contributed by atoms with Crippen molar-refractivity contribution in [1.82, 2.24) is 14.9 Å². The lowest BCUT2D eigenvalue weighted by atomic mass is 10.2. The molecule has 20 heavy (non-hydrogen) atoms. The van der Waals surface area contributed by atoms with Crippen LogP contribution in [0, 0.1) is 0 Å². The fourth-order valence-electron chi connectivity index (χ4n) is 2.98. The summed E-state index contributed by atoms with van der Waals surface area (Å²) in [5, 5.41) is 6.85. The third-order valence-electron chi connectivity index (χ3n) is 4.05. The van der Waals surface area contributed by atoms with Gasteiger partial charge in [-0.15, -0.1) is 0 Å². The van der Waals surface area contributed by atoms with E-state index in [-0.39, 0.29) is 0 Å². The molecule has 0 bridgehead atoms. The normalized spacial score (nSPS) is 19.2. The van der Waals surface area contributed by atoms with Crippen molar-refractivity contribution in [2.24, 2.45) is 0 Å². The molecule has 0 aromatic carbocycles. The molecule has 5 nitrogen and oxygen atoms in total. The van der Waals surface area contributed by atoms with E-state index >= 15 is 0 Å². The van der Waals surface area contributed by atoms with Crippen LogP contribution in [0.2, 0.25) is 0 Å². The van der Waals surface area contributed by atoms with Crippen LogP contribution >= 0.6 is 0 Å². The number of anilines is 2. The van der Waals surface area contributed by atoms with Crippen LogP contribution in [0.15, 0.2) is 6.33 Å². The lowest BCUT2D eigenvalue weighted by Gasteiger charge is -2.24. The summed E-state index contributed by atoms with van der Waals surface area (Å²) < 4.78 is 0. The molecule has 2 N–H and O–H groups in total. The van der Waals surface area contributed by atoms with Crippen molar-refractivity contribution in [2.75, 3.05) is 36.8 Å². The fraction of sp³-hybridized carbons (Fsp3) is 0.733. The molecule has 2 heterocycles. The summed E-state index contributed by atoms with van der Waals surface area (Å²) in [5.41, 5.74) is 1.19. The van der Waals surface area contributed by atoms with Gasteiger partial charge >= 0.3 is 0 Å². The van der Waals surface area contributed by atoms with Crippen molar-refractivity contribution in [3.8, 4) is 0 Å². The number of aromatic nitrogens is 2. The number of likely N-dealkylation sites (tertiary alicyclic amines) is 1. The molecule has 1 fully saturated rings. The second kappa shape index (κ2) is 7.43. The zero-order valence-electron chi connectivity index (χ0n) is 12.9. The molecule has 0 amide bonds. The summed E-state index contributed by atoms with van der Waals surface area (Å²) in [7, 11) is 0. The molecule has 0 radical (unpaired) electrons. The Balaban J connectivity index is 2.03. The third-order valence-corrected chi connectivity index (χ3v) is 4.05. The quantitative estimate of drug-likeness (QED) is 0.801. The Morgan fingerprint density at radius 3 is 2.60 bits per heavy atom. The Bertz CT molecular complexity index is 421. The van der Waals surface area contributed by atoms with Crippen LogP contribution in [-0.2, 0) is 6.42 Å². The Hall–Kier alpha value is -1.36. The fourth-order valence-corrected chi connectivity index (χ4v) is 2.98. The van der Waals surface area contributed by atoms with Crippen LogP contribution in [0.5, 0.6) is 0 Å². The van der Waals surface area contributed by atoms with Crippen molar-refractivity contribution < 1.29 is 0 Å². The highest BCUT2D eigenvalue weighted by Gasteiger charge is 2.23. The lowest BCUT2D eigenvalue weighted by molar-refractivity contribution is 0.277. The molecule has 2 rings (SSSR count). The SMILES string of the molecule is CCNc1ncnc(NCC2CCCN2CC)c1CC. The smallest absolute Gasteiger partial charge is 0.134 e. The Morgan fingerprint density at radius 1 is 1.20 bits per heavy atom. The van der Waals surface area contributed by atoms with E-state index in [4.69, 9.17) is 0 Å². The molecular formula is C15H27N5. The maximum Gasteiger partial charge on any atom is 0.134 e. The molecule has 1 saturated heterocycles. The topological polar surface area (TPSA) is 53.1 Å². The molecule has 0 spiro atoms. The largest absolute Gasteiger partial charge is 0.370 e. The minimum atomic E-state index is 0.641. The van der Waals surface area contributed by atoms with Crippen molar-refractivity contribution in [2.45, 2.75) is 46.1 Å². The summed E-state index contributed by atoms with van der Waals surface area (Å²) in [5.74, 6) is 1.95. The van der Waals surface area contributed by atoms with Gasteiger partial charge in [-0.1, -0.05) is 13.8 Å².